The van der Waals surface area contributed by atoms with Crippen molar-refractivity contribution in [2.75, 3.05) is 31.5 Å². The zero-order chi connectivity index (χ0) is 13.7. The number of nitrogens with zero attached hydrogens (tertiary/aromatic N) is 1. The van der Waals surface area contributed by atoms with Crippen LogP contribution in [0, 0.1) is 0 Å². The number of anilines is 1. The molecule has 0 saturated carbocycles. The molecule has 19 heavy (non-hydrogen) atoms. The molecule has 1 aliphatic heterocycles. The van der Waals surface area contributed by atoms with Crippen molar-refractivity contribution in [1.82, 2.24) is 4.90 Å². The molecular weight excluding hydrogens is 264 g/mol. The number of nitrogens with one attached hydrogen (secondary N) is 1. The number of likely N-dealkylation sites (tertiary alicyclic amines) is 1. The van der Waals surface area contributed by atoms with E-state index in [1.807, 2.05) is 0 Å². The molecule has 6 heteroatoms. The first kappa shape index (κ1) is 14.3. The summed E-state index contributed by atoms with van der Waals surface area (Å²) < 4.78 is 30.6. The summed E-state index contributed by atoms with van der Waals surface area (Å²) in [5.41, 5.74) is 0.869. The lowest BCUT2D eigenvalue weighted by atomic mass is 10.3. The third-order valence-electron chi connectivity index (χ3n) is 3.33. The van der Waals surface area contributed by atoms with Crippen molar-refractivity contribution in [2.45, 2.75) is 24.2 Å². The fourth-order valence-corrected chi connectivity index (χ4v) is 2.77. The first-order valence-corrected chi connectivity index (χ1v) is 8.03. The van der Waals surface area contributed by atoms with E-state index < -0.39 is 10.1 Å². The fraction of sp³-hybridized carbons (Fsp3) is 0.538. The molecule has 0 unspecified atom stereocenters. The lowest BCUT2D eigenvalue weighted by Crippen LogP contribution is -2.22. The summed E-state index contributed by atoms with van der Waals surface area (Å²) in [5, 5.41) is 3.24. The van der Waals surface area contributed by atoms with Crippen LogP contribution in [-0.2, 0) is 10.1 Å². The minimum absolute atomic E-state index is 0.0740. The van der Waals surface area contributed by atoms with Gasteiger partial charge in [-0.1, -0.05) is 0 Å². The quantitative estimate of drug-likeness (QED) is 0.616. The molecule has 1 aromatic rings. The molecule has 2 rings (SSSR count). The molecule has 2 N–H and O–H groups in total. The highest BCUT2D eigenvalue weighted by atomic mass is 32.2. The van der Waals surface area contributed by atoms with Crippen LogP contribution < -0.4 is 5.32 Å². The zero-order valence-corrected chi connectivity index (χ0v) is 11.7. The van der Waals surface area contributed by atoms with Crippen LogP contribution in [0.25, 0.3) is 0 Å². The maximum atomic E-state index is 10.9. The Kier molecular flexibility index (Phi) is 4.79. The second kappa shape index (κ2) is 6.36. The molecule has 1 saturated heterocycles. The molecular formula is C13H20N2O3S. The number of hydrogen-bond donors (Lipinski definition) is 2. The minimum atomic E-state index is -4.09. The van der Waals surface area contributed by atoms with E-state index in [0.717, 1.165) is 25.2 Å². The smallest absolute Gasteiger partial charge is 0.294 e. The van der Waals surface area contributed by atoms with Crippen molar-refractivity contribution in [3.05, 3.63) is 24.3 Å². The highest BCUT2D eigenvalue weighted by Crippen LogP contribution is 2.14. The molecule has 106 valence electrons. The van der Waals surface area contributed by atoms with Gasteiger partial charge in [0.25, 0.3) is 10.1 Å². The molecule has 0 radical (unpaired) electrons. The monoisotopic (exact) mass is 284 g/mol. The molecule has 0 spiro atoms. The van der Waals surface area contributed by atoms with Crippen molar-refractivity contribution in [1.29, 1.82) is 0 Å². The van der Waals surface area contributed by atoms with Gasteiger partial charge in [-0.2, -0.15) is 8.42 Å². The number of benzene rings is 1. The third-order valence-corrected chi connectivity index (χ3v) is 4.20. The molecule has 0 bridgehead atoms. The summed E-state index contributed by atoms with van der Waals surface area (Å²) in [6.45, 7) is 4.39. The van der Waals surface area contributed by atoms with Crippen LogP contribution >= 0.6 is 0 Å². The normalized spacial score (nSPS) is 16.7. The van der Waals surface area contributed by atoms with Gasteiger partial charge in [0.2, 0.25) is 0 Å². The average Bonchev–Trinajstić information content (AvgIpc) is 2.87. The highest BCUT2D eigenvalue weighted by molar-refractivity contribution is 7.85. The zero-order valence-electron chi connectivity index (χ0n) is 10.9. The van der Waals surface area contributed by atoms with E-state index in [1.54, 1.807) is 12.1 Å². The van der Waals surface area contributed by atoms with Crippen molar-refractivity contribution in [3.8, 4) is 0 Å². The van der Waals surface area contributed by atoms with Gasteiger partial charge in [0, 0.05) is 12.2 Å². The lowest BCUT2D eigenvalue weighted by Gasteiger charge is -2.14. The Labute approximate surface area is 114 Å². The highest BCUT2D eigenvalue weighted by Gasteiger charge is 2.10. The van der Waals surface area contributed by atoms with Gasteiger partial charge in [-0.05, 0) is 63.2 Å². The van der Waals surface area contributed by atoms with Crippen LogP contribution in [0.3, 0.4) is 0 Å². The first-order chi connectivity index (χ1) is 9.05. The van der Waals surface area contributed by atoms with E-state index in [2.05, 4.69) is 10.2 Å². The van der Waals surface area contributed by atoms with Crippen molar-refractivity contribution in [2.24, 2.45) is 0 Å². The Balaban J connectivity index is 1.74. The number of rotatable bonds is 6. The second-order valence-electron chi connectivity index (χ2n) is 4.83. The standard InChI is InChI=1S/C13H20N2O3S/c16-19(17,18)13-6-4-12(5-7-13)14-8-3-11-15-9-1-2-10-15/h4-7,14H,1-3,8-11H2,(H,16,17,18). The van der Waals surface area contributed by atoms with Crippen LogP contribution in [0.5, 0.6) is 0 Å². The summed E-state index contributed by atoms with van der Waals surface area (Å²) in [6, 6.07) is 6.13. The van der Waals surface area contributed by atoms with Crippen molar-refractivity contribution < 1.29 is 13.0 Å². The van der Waals surface area contributed by atoms with Gasteiger partial charge >= 0.3 is 0 Å². The average molecular weight is 284 g/mol. The van der Waals surface area contributed by atoms with Crippen LogP contribution in [0.1, 0.15) is 19.3 Å². The van der Waals surface area contributed by atoms with E-state index in [1.165, 1.54) is 38.1 Å². The Morgan fingerprint density at radius 3 is 2.37 bits per heavy atom. The maximum Gasteiger partial charge on any atom is 0.294 e. The van der Waals surface area contributed by atoms with E-state index in [-0.39, 0.29) is 4.90 Å². The largest absolute Gasteiger partial charge is 0.385 e. The molecule has 0 amide bonds. The van der Waals surface area contributed by atoms with E-state index in [4.69, 9.17) is 4.55 Å². The second-order valence-corrected chi connectivity index (χ2v) is 6.25. The molecule has 1 aliphatic rings. The van der Waals surface area contributed by atoms with Crippen molar-refractivity contribution >= 4 is 15.8 Å². The predicted molar refractivity (Wildman–Crippen MR) is 75.0 cm³/mol. The van der Waals surface area contributed by atoms with Crippen LogP contribution in [-0.4, -0.2) is 44.0 Å². The molecule has 1 fully saturated rings. The molecule has 1 aromatic carbocycles. The lowest BCUT2D eigenvalue weighted by molar-refractivity contribution is 0.337. The molecule has 0 aliphatic carbocycles. The van der Waals surface area contributed by atoms with Crippen LogP contribution in [0.4, 0.5) is 5.69 Å². The Bertz CT molecular complexity index is 493. The molecule has 0 aromatic heterocycles. The van der Waals surface area contributed by atoms with Gasteiger partial charge in [-0.15, -0.1) is 0 Å². The van der Waals surface area contributed by atoms with E-state index in [0.29, 0.717) is 0 Å². The minimum Gasteiger partial charge on any atom is -0.385 e. The van der Waals surface area contributed by atoms with Gasteiger partial charge in [0.05, 0.1) is 4.90 Å². The van der Waals surface area contributed by atoms with Gasteiger partial charge in [-0.3, -0.25) is 4.55 Å². The van der Waals surface area contributed by atoms with Crippen LogP contribution in [0.2, 0.25) is 0 Å². The van der Waals surface area contributed by atoms with Gasteiger partial charge in [0.1, 0.15) is 0 Å². The van der Waals surface area contributed by atoms with Gasteiger partial charge in [-0.25, -0.2) is 0 Å². The summed E-state index contributed by atoms with van der Waals surface area (Å²) in [6.07, 6.45) is 3.69. The Morgan fingerprint density at radius 2 is 1.79 bits per heavy atom. The Hall–Kier alpha value is -1.11. The van der Waals surface area contributed by atoms with Crippen molar-refractivity contribution in [3.63, 3.8) is 0 Å². The fourth-order valence-electron chi connectivity index (χ4n) is 2.29. The number of hydrogen-bond acceptors (Lipinski definition) is 4. The summed E-state index contributed by atoms with van der Waals surface area (Å²) >= 11 is 0. The van der Waals surface area contributed by atoms with E-state index in [9.17, 15) is 8.42 Å². The predicted octanol–water partition coefficient (Wildman–Crippen LogP) is 1.83. The van der Waals surface area contributed by atoms with Gasteiger partial charge in [0.15, 0.2) is 0 Å². The molecule has 1 heterocycles. The molecule has 5 nitrogen and oxygen atoms in total. The van der Waals surface area contributed by atoms with E-state index >= 15 is 0 Å². The summed E-state index contributed by atoms with van der Waals surface area (Å²) in [5.74, 6) is 0. The summed E-state index contributed by atoms with van der Waals surface area (Å²) in [7, 11) is -4.09. The first-order valence-electron chi connectivity index (χ1n) is 6.59. The topological polar surface area (TPSA) is 69.6 Å². The SMILES string of the molecule is O=S(=O)(O)c1ccc(NCCCN2CCCC2)cc1. The summed E-state index contributed by atoms with van der Waals surface area (Å²) in [4.78, 5) is 2.39. The molecule has 0 atom stereocenters. The Morgan fingerprint density at radius 1 is 1.16 bits per heavy atom. The third kappa shape index (κ3) is 4.49. The maximum absolute atomic E-state index is 10.9. The van der Waals surface area contributed by atoms with Crippen LogP contribution in [0.15, 0.2) is 29.2 Å². The van der Waals surface area contributed by atoms with Gasteiger partial charge < -0.3 is 10.2 Å².